The fraction of sp³-hybridized carbons (Fsp3) is 0.400. The standard InChI is InChI=1S/C15H21N3O/c1-5-19-15-8-11(2)6-7-14(15)16-9-13-10-17-18(4)12(13)3/h6-8,10,16H,5,9H2,1-4H3. The van der Waals surface area contributed by atoms with Crippen LogP contribution in [-0.2, 0) is 13.6 Å². The Morgan fingerprint density at radius 2 is 2.11 bits per heavy atom. The van der Waals surface area contributed by atoms with E-state index in [9.17, 15) is 0 Å². The Morgan fingerprint density at radius 1 is 1.32 bits per heavy atom. The van der Waals surface area contributed by atoms with Crippen molar-refractivity contribution in [1.29, 1.82) is 0 Å². The van der Waals surface area contributed by atoms with Gasteiger partial charge in [0.1, 0.15) is 5.75 Å². The van der Waals surface area contributed by atoms with Gasteiger partial charge in [0.15, 0.2) is 0 Å². The topological polar surface area (TPSA) is 39.1 Å². The van der Waals surface area contributed by atoms with Crippen LogP contribution < -0.4 is 10.1 Å². The van der Waals surface area contributed by atoms with Crippen LogP contribution in [0.1, 0.15) is 23.7 Å². The Kier molecular flexibility index (Phi) is 4.10. The number of aromatic nitrogens is 2. The molecule has 4 nitrogen and oxygen atoms in total. The van der Waals surface area contributed by atoms with Gasteiger partial charge in [-0.2, -0.15) is 5.10 Å². The van der Waals surface area contributed by atoms with Crippen LogP contribution in [0.5, 0.6) is 5.75 Å². The number of ether oxygens (including phenoxy) is 1. The lowest BCUT2D eigenvalue weighted by Crippen LogP contribution is -2.04. The van der Waals surface area contributed by atoms with Crippen LogP contribution in [0.2, 0.25) is 0 Å². The molecule has 2 aromatic rings. The van der Waals surface area contributed by atoms with Crippen LogP contribution in [-0.4, -0.2) is 16.4 Å². The van der Waals surface area contributed by atoms with E-state index in [0.29, 0.717) is 6.61 Å². The molecule has 102 valence electrons. The van der Waals surface area contributed by atoms with Gasteiger partial charge in [-0.15, -0.1) is 0 Å². The van der Waals surface area contributed by atoms with E-state index < -0.39 is 0 Å². The van der Waals surface area contributed by atoms with Crippen molar-refractivity contribution in [2.75, 3.05) is 11.9 Å². The molecule has 19 heavy (non-hydrogen) atoms. The fourth-order valence-corrected chi connectivity index (χ4v) is 1.96. The van der Waals surface area contributed by atoms with Gasteiger partial charge in [-0.1, -0.05) is 6.07 Å². The molecule has 0 radical (unpaired) electrons. The minimum atomic E-state index is 0.671. The van der Waals surface area contributed by atoms with Gasteiger partial charge in [0.25, 0.3) is 0 Å². The van der Waals surface area contributed by atoms with Crippen molar-refractivity contribution in [2.45, 2.75) is 27.3 Å². The summed E-state index contributed by atoms with van der Waals surface area (Å²) in [6.45, 7) is 7.56. The van der Waals surface area contributed by atoms with Crippen LogP contribution in [0.4, 0.5) is 5.69 Å². The van der Waals surface area contributed by atoms with Crippen molar-refractivity contribution < 1.29 is 4.74 Å². The van der Waals surface area contributed by atoms with Gasteiger partial charge in [0.05, 0.1) is 18.5 Å². The maximum absolute atomic E-state index is 5.66. The Morgan fingerprint density at radius 3 is 2.74 bits per heavy atom. The van der Waals surface area contributed by atoms with Crippen molar-refractivity contribution in [3.05, 3.63) is 41.2 Å². The van der Waals surface area contributed by atoms with Crippen molar-refractivity contribution in [1.82, 2.24) is 9.78 Å². The number of hydrogen-bond donors (Lipinski definition) is 1. The summed E-state index contributed by atoms with van der Waals surface area (Å²) in [6, 6.07) is 6.20. The maximum Gasteiger partial charge on any atom is 0.142 e. The third-order valence-corrected chi connectivity index (χ3v) is 3.24. The molecule has 0 aliphatic rings. The third-order valence-electron chi connectivity index (χ3n) is 3.24. The lowest BCUT2D eigenvalue weighted by Gasteiger charge is -2.13. The van der Waals surface area contributed by atoms with Crippen molar-refractivity contribution in [3.63, 3.8) is 0 Å². The molecule has 1 aromatic heterocycles. The molecule has 1 aromatic carbocycles. The molecule has 0 atom stereocenters. The summed E-state index contributed by atoms with van der Waals surface area (Å²) in [5.74, 6) is 0.907. The predicted molar refractivity (Wildman–Crippen MR) is 77.6 cm³/mol. The zero-order valence-corrected chi connectivity index (χ0v) is 12.0. The number of aryl methyl sites for hydroxylation is 2. The van der Waals surface area contributed by atoms with Crippen LogP contribution in [0.3, 0.4) is 0 Å². The number of hydrogen-bond acceptors (Lipinski definition) is 3. The quantitative estimate of drug-likeness (QED) is 0.897. The molecule has 0 aliphatic carbocycles. The first kappa shape index (κ1) is 13.5. The molecular formula is C15H21N3O. The first-order chi connectivity index (χ1) is 9.11. The summed E-state index contributed by atoms with van der Waals surface area (Å²) in [5.41, 5.74) is 4.60. The minimum absolute atomic E-state index is 0.671. The average molecular weight is 259 g/mol. The first-order valence-corrected chi connectivity index (χ1v) is 6.56. The second kappa shape index (κ2) is 5.78. The Balaban J connectivity index is 2.12. The zero-order chi connectivity index (χ0) is 13.8. The van der Waals surface area contributed by atoms with E-state index >= 15 is 0 Å². The van der Waals surface area contributed by atoms with E-state index in [1.807, 2.05) is 24.9 Å². The molecule has 0 amide bonds. The van der Waals surface area contributed by atoms with Crippen molar-refractivity contribution >= 4 is 5.69 Å². The molecule has 0 aliphatic heterocycles. The fourth-order valence-electron chi connectivity index (χ4n) is 1.96. The lowest BCUT2D eigenvalue weighted by atomic mass is 10.2. The number of nitrogens with zero attached hydrogens (tertiary/aromatic N) is 2. The highest BCUT2D eigenvalue weighted by Gasteiger charge is 2.06. The molecular weight excluding hydrogens is 238 g/mol. The molecule has 0 unspecified atom stereocenters. The van der Waals surface area contributed by atoms with Crippen LogP contribution in [0.15, 0.2) is 24.4 Å². The highest BCUT2D eigenvalue weighted by molar-refractivity contribution is 5.57. The van der Waals surface area contributed by atoms with Crippen LogP contribution >= 0.6 is 0 Å². The monoisotopic (exact) mass is 259 g/mol. The summed E-state index contributed by atoms with van der Waals surface area (Å²) in [5, 5.41) is 7.66. The van der Waals surface area contributed by atoms with Gasteiger partial charge in [-0.3, -0.25) is 4.68 Å². The highest BCUT2D eigenvalue weighted by atomic mass is 16.5. The van der Waals surface area contributed by atoms with Gasteiger partial charge in [0.2, 0.25) is 0 Å². The molecule has 0 saturated heterocycles. The minimum Gasteiger partial charge on any atom is -0.492 e. The first-order valence-electron chi connectivity index (χ1n) is 6.56. The van der Waals surface area contributed by atoms with Crippen molar-refractivity contribution in [3.8, 4) is 5.75 Å². The number of nitrogens with one attached hydrogen (secondary N) is 1. The second-order valence-corrected chi connectivity index (χ2v) is 4.67. The SMILES string of the molecule is CCOc1cc(C)ccc1NCc1cnn(C)c1C. The summed E-state index contributed by atoms with van der Waals surface area (Å²) < 4.78 is 7.54. The summed E-state index contributed by atoms with van der Waals surface area (Å²) in [4.78, 5) is 0. The van der Waals surface area contributed by atoms with Gasteiger partial charge >= 0.3 is 0 Å². The third kappa shape index (κ3) is 3.08. The van der Waals surface area contributed by atoms with Gasteiger partial charge in [0, 0.05) is 24.8 Å². The molecule has 2 rings (SSSR count). The van der Waals surface area contributed by atoms with Gasteiger partial charge in [-0.05, 0) is 38.5 Å². The maximum atomic E-state index is 5.66. The summed E-state index contributed by atoms with van der Waals surface area (Å²) >= 11 is 0. The van der Waals surface area contributed by atoms with Crippen LogP contribution in [0, 0.1) is 13.8 Å². The predicted octanol–water partition coefficient (Wildman–Crippen LogP) is 3.05. The zero-order valence-electron chi connectivity index (χ0n) is 12.0. The largest absolute Gasteiger partial charge is 0.492 e. The number of benzene rings is 1. The van der Waals surface area contributed by atoms with E-state index in [0.717, 1.165) is 18.0 Å². The Labute approximate surface area is 114 Å². The molecule has 4 heteroatoms. The average Bonchev–Trinajstić information content (AvgIpc) is 2.70. The van der Waals surface area contributed by atoms with E-state index in [1.54, 1.807) is 0 Å². The van der Waals surface area contributed by atoms with E-state index in [-0.39, 0.29) is 0 Å². The highest BCUT2D eigenvalue weighted by Crippen LogP contribution is 2.26. The molecule has 0 spiro atoms. The smallest absolute Gasteiger partial charge is 0.142 e. The van der Waals surface area contributed by atoms with Gasteiger partial charge < -0.3 is 10.1 Å². The van der Waals surface area contributed by atoms with E-state index in [1.165, 1.54) is 16.8 Å². The van der Waals surface area contributed by atoms with E-state index in [4.69, 9.17) is 4.74 Å². The Bertz CT molecular complexity index is 561. The Hall–Kier alpha value is -1.97. The lowest BCUT2D eigenvalue weighted by molar-refractivity contribution is 0.341. The number of anilines is 1. The molecule has 1 heterocycles. The molecule has 0 bridgehead atoms. The molecule has 1 N–H and O–H groups in total. The number of rotatable bonds is 5. The van der Waals surface area contributed by atoms with Crippen LogP contribution in [0.25, 0.3) is 0 Å². The van der Waals surface area contributed by atoms with Crippen molar-refractivity contribution in [2.24, 2.45) is 7.05 Å². The molecule has 0 saturated carbocycles. The van der Waals surface area contributed by atoms with Gasteiger partial charge in [-0.25, -0.2) is 0 Å². The summed E-state index contributed by atoms with van der Waals surface area (Å²) in [7, 11) is 1.95. The second-order valence-electron chi connectivity index (χ2n) is 4.67. The van der Waals surface area contributed by atoms with E-state index in [2.05, 4.69) is 42.5 Å². The normalized spacial score (nSPS) is 10.5. The molecule has 0 fully saturated rings. The summed E-state index contributed by atoms with van der Waals surface area (Å²) in [6.07, 6.45) is 1.90.